The number of carbonyl (C=O) groups excluding carboxylic acids is 2. The highest BCUT2D eigenvalue weighted by Crippen LogP contribution is 2.09. The van der Waals surface area contributed by atoms with Crippen molar-refractivity contribution in [1.82, 2.24) is 10.2 Å². The van der Waals surface area contributed by atoms with Gasteiger partial charge in [-0.25, -0.2) is 0 Å². The predicted molar refractivity (Wildman–Crippen MR) is 65.2 cm³/mol. The second-order valence-corrected chi connectivity index (χ2v) is 4.92. The molecule has 1 aliphatic rings. The van der Waals surface area contributed by atoms with Crippen LogP contribution in [0.3, 0.4) is 0 Å². The summed E-state index contributed by atoms with van der Waals surface area (Å²) >= 11 is 1.02. The van der Waals surface area contributed by atoms with Crippen molar-refractivity contribution < 1.29 is 24.6 Å². The average molecular weight is 276 g/mol. The summed E-state index contributed by atoms with van der Waals surface area (Å²) in [4.78, 5) is 34.3. The van der Waals surface area contributed by atoms with Gasteiger partial charge in [0.25, 0.3) is 0 Å². The number of nitrogens with one attached hydrogen (secondary N) is 1. The summed E-state index contributed by atoms with van der Waals surface area (Å²) in [7, 11) is 0. The van der Waals surface area contributed by atoms with Gasteiger partial charge < -0.3 is 20.4 Å². The summed E-state index contributed by atoms with van der Waals surface area (Å²) in [5.74, 6) is -1.34. The first kappa shape index (κ1) is 14.8. The normalized spacial score (nSPS) is 19.1. The van der Waals surface area contributed by atoms with Crippen LogP contribution in [0.4, 0.5) is 0 Å². The molecule has 0 radical (unpaired) electrons. The molecule has 0 saturated carbocycles. The van der Waals surface area contributed by atoms with Crippen molar-refractivity contribution in [2.24, 2.45) is 0 Å². The molecule has 1 atom stereocenters. The third kappa shape index (κ3) is 5.37. The Labute approximate surface area is 109 Å². The number of aliphatic carboxylic acids is 1. The Morgan fingerprint density at radius 3 is 2.72 bits per heavy atom. The van der Waals surface area contributed by atoms with Crippen molar-refractivity contribution in [3.8, 4) is 0 Å². The van der Waals surface area contributed by atoms with Gasteiger partial charge in [-0.2, -0.15) is 0 Å². The number of carbonyl (C=O) groups is 3. The highest BCUT2D eigenvalue weighted by molar-refractivity contribution is 8.00. The molecule has 8 heteroatoms. The summed E-state index contributed by atoms with van der Waals surface area (Å²) in [5, 5.41) is 20.2. The van der Waals surface area contributed by atoms with Crippen LogP contribution in [0.15, 0.2) is 0 Å². The number of likely N-dealkylation sites (tertiary alicyclic amines) is 1. The fraction of sp³-hybridized carbons (Fsp3) is 0.700. The van der Waals surface area contributed by atoms with E-state index in [2.05, 4.69) is 5.32 Å². The molecule has 0 aliphatic carbocycles. The van der Waals surface area contributed by atoms with E-state index in [1.165, 1.54) is 4.90 Å². The first-order chi connectivity index (χ1) is 8.49. The minimum Gasteiger partial charge on any atom is -0.481 e. The lowest BCUT2D eigenvalue weighted by Gasteiger charge is -2.15. The largest absolute Gasteiger partial charge is 0.481 e. The SMILES string of the molecule is O=C(O)CSCC(=O)NCCN1C[C@H](O)CC1=O. The fourth-order valence-electron chi connectivity index (χ4n) is 1.58. The second kappa shape index (κ2) is 7.22. The summed E-state index contributed by atoms with van der Waals surface area (Å²) in [6, 6.07) is 0. The maximum absolute atomic E-state index is 11.3. The van der Waals surface area contributed by atoms with Crippen molar-refractivity contribution in [3.63, 3.8) is 0 Å². The molecule has 0 aromatic rings. The molecule has 0 aromatic carbocycles. The number of hydrogen-bond donors (Lipinski definition) is 3. The Morgan fingerprint density at radius 1 is 1.44 bits per heavy atom. The first-order valence-corrected chi connectivity index (χ1v) is 6.66. The van der Waals surface area contributed by atoms with Crippen molar-refractivity contribution in [2.75, 3.05) is 31.1 Å². The summed E-state index contributed by atoms with van der Waals surface area (Å²) in [6.45, 7) is 0.985. The second-order valence-electron chi connectivity index (χ2n) is 3.93. The molecule has 1 heterocycles. The average Bonchev–Trinajstić information content (AvgIpc) is 2.57. The molecule has 102 valence electrons. The van der Waals surface area contributed by atoms with Crippen molar-refractivity contribution >= 4 is 29.5 Å². The van der Waals surface area contributed by atoms with E-state index in [4.69, 9.17) is 5.11 Å². The lowest BCUT2D eigenvalue weighted by molar-refractivity contribution is -0.134. The van der Waals surface area contributed by atoms with Crippen LogP contribution in [0.5, 0.6) is 0 Å². The zero-order valence-corrected chi connectivity index (χ0v) is 10.6. The Hall–Kier alpha value is -1.28. The van der Waals surface area contributed by atoms with Gasteiger partial charge >= 0.3 is 5.97 Å². The van der Waals surface area contributed by atoms with Crippen molar-refractivity contribution in [2.45, 2.75) is 12.5 Å². The van der Waals surface area contributed by atoms with E-state index < -0.39 is 12.1 Å². The Balaban J connectivity index is 2.08. The monoisotopic (exact) mass is 276 g/mol. The van der Waals surface area contributed by atoms with Gasteiger partial charge in [-0.15, -0.1) is 11.8 Å². The van der Waals surface area contributed by atoms with Crippen LogP contribution in [0.1, 0.15) is 6.42 Å². The van der Waals surface area contributed by atoms with Crippen LogP contribution in [-0.2, 0) is 14.4 Å². The van der Waals surface area contributed by atoms with Crippen LogP contribution in [0, 0.1) is 0 Å². The molecule has 1 rings (SSSR count). The van der Waals surface area contributed by atoms with Gasteiger partial charge in [-0.05, 0) is 0 Å². The molecular weight excluding hydrogens is 260 g/mol. The van der Waals surface area contributed by atoms with E-state index in [1.54, 1.807) is 0 Å². The van der Waals surface area contributed by atoms with Crippen LogP contribution < -0.4 is 5.32 Å². The number of thioether (sulfide) groups is 1. The number of rotatable bonds is 7. The number of β-amino-alcohol motifs (C(OH)–C–C–N with tert-alkyl or cyclic N) is 1. The van der Waals surface area contributed by atoms with E-state index in [-0.39, 0.29) is 29.7 Å². The number of aliphatic hydroxyl groups is 1. The lowest BCUT2D eigenvalue weighted by Crippen LogP contribution is -2.36. The van der Waals surface area contributed by atoms with Gasteiger partial charge in [0.05, 0.1) is 24.0 Å². The third-order valence-electron chi connectivity index (χ3n) is 2.36. The van der Waals surface area contributed by atoms with Gasteiger partial charge in [0, 0.05) is 19.6 Å². The van der Waals surface area contributed by atoms with Gasteiger partial charge in [0.2, 0.25) is 11.8 Å². The maximum atomic E-state index is 11.3. The molecular formula is C10H16N2O5S. The Kier molecular flexibility index (Phi) is 5.93. The number of nitrogens with zero attached hydrogens (tertiary/aromatic N) is 1. The smallest absolute Gasteiger partial charge is 0.313 e. The first-order valence-electron chi connectivity index (χ1n) is 5.51. The molecule has 3 N–H and O–H groups in total. The van der Waals surface area contributed by atoms with Crippen molar-refractivity contribution in [3.05, 3.63) is 0 Å². The molecule has 0 aromatic heterocycles. The van der Waals surface area contributed by atoms with Gasteiger partial charge in [0.15, 0.2) is 0 Å². The maximum Gasteiger partial charge on any atom is 0.313 e. The zero-order chi connectivity index (χ0) is 13.5. The van der Waals surface area contributed by atoms with E-state index in [0.29, 0.717) is 19.6 Å². The van der Waals surface area contributed by atoms with Gasteiger partial charge in [0.1, 0.15) is 0 Å². The molecule has 0 spiro atoms. The van der Waals surface area contributed by atoms with E-state index in [9.17, 15) is 19.5 Å². The van der Waals surface area contributed by atoms with E-state index >= 15 is 0 Å². The van der Waals surface area contributed by atoms with Crippen molar-refractivity contribution in [1.29, 1.82) is 0 Å². The minimum absolute atomic E-state index is 0.0862. The van der Waals surface area contributed by atoms with Crippen LogP contribution in [-0.4, -0.2) is 70.1 Å². The highest BCUT2D eigenvalue weighted by atomic mass is 32.2. The molecule has 0 unspecified atom stereocenters. The number of carboxylic acid groups (broad SMARTS) is 1. The topological polar surface area (TPSA) is 107 Å². The number of aliphatic hydroxyl groups excluding tert-OH is 1. The van der Waals surface area contributed by atoms with E-state index in [0.717, 1.165) is 11.8 Å². The van der Waals surface area contributed by atoms with Gasteiger partial charge in [-0.3, -0.25) is 14.4 Å². The summed E-state index contributed by atoms with van der Waals surface area (Å²) in [6.07, 6.45) is -0.470. The Bertz CT molecular complexity index is 336. The van der Waals surface area contributed by atoms with Crippen LogP contribution >= 0.6 is 11.8 Å². The minimum atomic E-state index is -0.954. The number of hydrogen-bond acceptors (Lipinski definition) is 5. The summed E-state index contributed by atoms with van der Waals surface area (Å²) in [5.41, 5.74) is 0. The highest BCUT2D eigenvalue weighted by Gasteiger charge is 2.27. The Morgan fingerprint density at radius 2 is 2.17 bits per heavy atom. The molecule has 7 nitrogen and oxygen atoms in total. The van der Waals surface area contributed by atoms with Crippen LogP contribution in [0.25, 0.3) is 0 Å². The lowest BCUT2D eigenvalue weighted by atomic mass is 10.3. The third-order valence-corrected chi connectivity index (χ3v) is 3.27. The molecule has 1 saturated heterocycles. The molecule has 0 bridgehead atoms. The quantitative estimate of drug-likeness (QED) is 0.523. The fourth-order valence-corrected chi connectivity index (χ4v) is 2.14. The zero-order valence-electron chi connectivity index (χ0n) is 9.79. The predicted octanol–water partition coefficient (Wildman–Crippen LogP) is -1.49. The van der Waals surface area contributed by atoms with Crippen LogP contribution in [0.2, 0.25) is 0 Å². The van der Waals surface area contributed by atoms with E-state index in [1.807, 2.05) is 0 Å². The standard InChI is InChI=1S/C10H16N2O5S/c13-7-3-9(15)12(4-7)2-1-11-8(14)5-18-6-10(16)17/h7,13H,1-6H2,(H,11,14)(H,16,17)/t7-/m1/s1. The molecule has 1 fully saturated rings. The molecule has 1 aliphatic heterocycles. The number of carboxylic acids is 1. The summed E-state index contributed by atoms with van der Waals surface area (Å²) < 4.78 is 0. The molecule has 18 heavy (non-hydrogen) atoms. The van der Waals surface area contributed by atoms with Gasteiger partial charge in [-0.1, -0.05) is 0 Å². The molecule has 2 amide bonds. The number of amides is 2.